The highest BCUT2D eigenvalue weighted by Gasteiger charge is 2.10. The molecule has 1 aromatic heterocycles. The number of hydrazone groups is 1. The molecule has 0 radical (unpaired) electrons. The summed E-state index contributed by atoms with van der Waals surface area (Å²) in [5.74, 6) is 0.785. The molecule has 3 rings (SSSR count). The lowest BCUT2D eigenvalue weighted by Crippen LogP contribution is -2.16. The summed E-state index contributed by atoms with van der Waals surface area (Å²) in [5.41, 5.74) is 4.74. The molecule has 0 aliphatic carbocycles. The van der Waals surface area contributed by atoms with E-state index in [1.165, 1.54) is 4.88 Å². The average Bonchev–Trinajstić information content (AvgIpc) is 3.19. The van der Waals surface area contributed by atoms with Crippen molar-refractivity contribution < 1.29 is 9.53 Å². The van der Waals surface area contributed by atoms with Crippen LogP contribution in [0.5, 0.6) is 5.75 Å². The molecule has 29 heavy (non-hydrogen) atoms. The lowest BCUT2D eigenvalue weighted by Gasteiger charge is -2.10. The molecule has 4 nitrogen and oxygen atoms in total. The topological polar surface area (TPSA) is 50.7 Å². The van der Waals surface area contributed by atoms with Gasteiger partial charge in [-0.2, -0.15) is 5.10 Å². The number of benzene rings is 2. The molecule has 0 saturated carbocycles. The Morgan fingerprint density at radius 3 is 2.72 bits per heavy atom. The van der Waals surface area contributed by atoms with E-state index in [4.69, 9.17) is 27.9 Å². The number of para-hydroxylation sites is 1. The first-order valence-corrected chi connectivity index (χ1v) is 10.6. The Morgan fingerprint density at radius 1 is 1.21 bits per heavy atom. The molecular weight excluding hydrogens is 427 g/mol. The number of rotatable bonds is 7. The smallest absolute Gasteiger partial charge is 0.272 e. The van der Waals surface area contributed by atoms with Crippen LogP contribution in [-0.2, 0) is 6.61 Å². The number of nitrogens with one attached hydrogen (secondary N) is 1. The molecule has 1 N–H and O–H groups in total. The van der Waals surface area contributed by atoms with E-state index >= 15 is 0 Å². The highest BCUT2D eigenvalue weighted by atomic mass is 35.5. The van der Waals surface area contributed by atoms with Gasteiger partial charge in [0.1, 0.15) is 12.4 Å². The summed E-state index contributed by atoms with van der Waals surface area (Å²) in [6, 6.07) is 14.6. The Labute approximate surface area is 184 Å². The van der Waals surface area contributed by atoms with Crippen LogP contribution in [0.4, 0.5) is 0 Å². The molecular formula is C22H20Cl2N2O2S. The number of halogens is 2. The molecule has 0 aliphatic rings. The van der Waals surface area contributed by atoms with Crippen LogP contribution in [0.15, 0.2) is 59.0 Å². The van der Waals surface area contributed by atoms with Gasteiger partial charge in [-0.15, -0.1) is 11.3 Å². The first kappa shape index (κ1) is 21.4. The SMILES string of the molecule is CC(C)c1cc(C(=O)NN=Cc2ccccc2OCc2ccc(Cl)cc2Cl)cs1. The number of carbonyl (C=O) groups is 1. The zero-order valence-corrected chi connectivity index (χ0v) is 18.3. The number of hydrogen-bond donors (Lipinski definition) is 1. The number of ether oxygens (including phenoxy) is 1. The van der Waals surface area contributed by atoms with E-state index in [1.807, 2.05) is 41.8 Å². The van der Waals surface area contributed by atoms with Crippen molar-refractivity contribution >= 4 is 46.7 Å². The van der Waals surface area contributed by atoms with Gasteiger partial charge in [0.25, 0.3) is 5.91 Å². The van der Waals surface area contributed by atoms with Gasteiger partial charge in [0.05, 0.1) is 11.8 Å². The predicted molar refractivity (Wildman–Crippen MR) is 121 cm³/mol. The second-order valence-corrected chi connectivity index (χ2v) is 8.44. The maximum Gasteiger partial charge on any atom is 0.272 e. The molecule has 150 valence electrons. The number of amides is 1. The normalized spacial score (nSPS) is 11.2. The van der Waals surface area contributed by atoms with Gasteiger partial charge in [-0.05, 0) is 36.2 Å². The van der Waals surface area contributed by atoms with E-state index in [9.17, 15) is 4.79 Å². The second kappa shape index (κ2) is 9.92. The first-order chi connectivity index (χ1) is 13.9. The van der Waals surface area contributed by atoms with E-state index in [1.54, 1.807) is 29.7 Å². The number of carbonyl (C=O) groups excluding carboxylic acids is 1. The largest absolute Gasteiger partial charge is 0.488 e. The number of nitrogens with zero attached hydrogens (tertiary/aromatic N) is 1. The third kappa shape index (κ3) is 5.82. The standard InChI is InChI=1S/C22H20Cl2N2O2S/c1-14(2)21-9-17(13-29-21)22(27)26-25-11-15-5-3-4-6-20(15)28-12-16-7-8-18(23)10-19(16)24/h3-11,13-14H,12H2,1-2H3,(H,26,27). The van der Waals surface area contributed by atoms with Crippen LogP contribution in [0.25, 0.3) is 0 Å². The molecule has 1 amide bonds. The molecule has 2 aromatic carbocycles. The Kier molecular flexibility index (Phi) is 7.31. The quantitative estimate of drug-likeness (QED) is 0.331. The highest BCUT2D eigenvalue weighted by Crippen LogP contribution is 2.24. The minimum absolute atomic E-state index is 0.240. The molecule has 0 spiro atoms. The third-order valence-electron chi connectivity index (χ3n) is 4.14. The molecule has 0 fully saturated rings. The predicted octanol–water partition coefficient (Wildman–Crippen LogP) is 6.52. The van der Waals surface area contributed by atoms with Gasteiger partial charge >= 0.3 is 0 Å². The molecule has 0 bridgehead atoms. The summed E-state index contributed by atoms with van der Waals surface area (Å²) in [4.78, 5) is 13.4. The van der Waals surface area contributed by atoms with E-state index in [-0.39, 0.29) is 5.91 Å². The van der Waals surface area contributed by atoms with Crippen LogP contribution < -0.4 is 10.2 Å². The molecule has 0 aliphatic heterocycles. The molecule has 3 aromatic rings. The molecule has 0 atom stereocenters. The second-order valence-electron chi connectivity index (χ2n) is 6.65. The summed E-state index contributed by atoms with van der Waals surface area (Å²) in [6.07, 6.45) is 1.56. The maximum absolute atomic E-state index is 12.3. The Morgan fingerprint density at radius 2 is 2.00 bits per heavy atom. The monoisotopic (exact) mass is 446 g/mol. The third-order valence-corrected chi connectivity index (χ3v) is 5.96. The summed E-state index contributed by atoms with van der Waals surface area (Å²) in [6.45, 7) is 4.49. The summed E-state index contributed by atoms with van der Waals surface area (Å²) >= 11 is 13.7. The fourth-order valence-corrected chi connectivity index (χ4v) is 3.88. The Bertz CT molecular complexity index is 1030. The number of thiophene rings is 1. The maximum atomic E-state index is 12.3. The Hall–Kier alpha value is -2.34. The highest BCUT2D eigenvalue weighted by molar-refractivity contribution is 7.10. The lowest BCUT2D eigenvalue weighted by atomic mass is 10.1. The van der Waals surface area contributed by atoms with Crippen LogP contribution in [0.1, 0.15) is 46.1 Å². The zero-order chi connectivity index (χ0) is 20.8. The first-order valence-electron chi connectivity index (χ1n) is 9.01. The summed E-state index contributed by atoms with van der Waals surface area (Å²) < 4.78 is 5.89. The summed E-state index contributed by atoms with van der Waals surface area (Å²) in [5, 5.41) is 7.04. The average molecular weight is 447 g/mol. The van der Waals surface area contributed by atoms with Gasteiger partial charge in [0.15, 0.2) is 0 Å². The van der Waals surface area contributed by atoms with Gasteiger partial charge in [-0.1, -0.05) is 55.2 Å². The Balaban J connectivity index is 1.64. The van der Waals surface area contributed by atoms with Gasteiger partial charge in [-0.25, -0.2) is 5.43 Å². The fourth-order valence-electron chi connectivity index (χ4n) is 2.51. The minimum Gasteiger partial charge on any atom is -0.488 e. The van der Waals surface area contributed by atoms with Crippen molar-refractivity contribution in [2.45, 2.75) is 26.4 Å². The van der Waals surface area contributed by atoms with Crippen molar-refractivity contribution in [1.82, 2.24) is 5.43 Å². The van der Waals surface area contributed by atoms with Crippen molar-refractivity contribution in [2.24, 2.45) is 5.10 Å². The zero-order valence-electron chi connectivity index (χ0n) is 16.0. The minimum atomic E-state index is -0.240. The van der Waals surface area contributed by atoms with E-state index in [2.05, 4.69) is 24.4 Å². The summed E-state index contributed by atoms with van der Waals surface area (Å²) in [7, 11) is 0. The fraction of sp³-hybridized carbons (Fsp3) is 0.182. The molecule has 0 saturated heterocycles. The van der Waals surface area contributed by atoms with Crippen molar-refractivity contribution in [1.29, 1.82) is 0 Å². The van der Waals surface area contributed by atoms with Crippen LogP contribution in [0, 0.1) is 0 Å². The van der Waals surface area contributed by atoms with Gasteiger partial charge in [0.2, 0.25) is 0 Å². The van der Waals surface area contributed by atoms with Gasteiger partial charge < -0.3 is 4.74 Å². The van der Waals surface area contributed by atoms with Gasteiger partial charge in [-0.3, -0.25) is 4.79 Å². The van der Waals surface area contributed by atoms with Crippen molar-refractivity contribution in [2.75, 3.05) is 0 Å². The van der Waals surface area contributed by atoms with Crippen molar-refractivity contribution in [3.05, 3.63) is 85.5 Å². The lowest BCUT2D eigenvalue weighted by molar-refractivity contribution is 0.0955. The number of hydrogen-bond acceptors (Lipinski definition) is 4. The van der Waals surface area contributed by atoms with Crippen molar-refractivity contribution in [3.8, 4) is 5.75 Å². The van der Waals surface area contributed by atoms with Crippen LogP contribution in [0.3, 0.4) is 0 Å². The van der Waals surface area contributed by atoms with Crippen LogP contribution in [0.2, 0.25) is 10.0 Å². The van der Waals surface area contributed by atoms with E-state index in [0.29, 0.717) is 33.9 Å². The molecule has 1 heterocycles. The molecule has 0 unspecified atom stereocenters. The van der Waals surface area contributed by atoms with Crippen LogP contribution >= 0.6 is 34.5 Å². The van der Waals surface area contributed by atoms with Gasteiger partial charge in [0, 0.05) is 31.4 Å². The van der Waals surface area contributed by atoms with E-state index < -0.39 is 0 Å². The van der Waals surface area contributed by atoms with Crippen LogP contribution in [-0.4, -0.2) is 12.1 Å². The van der Waals surface area contributed by atoms with Crippen molar-refractivity contribution in [3.63, 3.8) is 0 Å². The van der Waals surface area contributed by atoms with E-state index in [0.717, 1.165) is 11.1 Å². The molecule has 7 heteroatoms.